The van der Waals surface area contributed by atoms with E-state index in [0.717, 1.165) is 17.9 Å². The Bertz CT molecular complexity index is 796. The molecule has 164 valence electrons. The number of fused-ring (bicyclic) bond motifs is 1. The van der Waals surface area contributed by atoms with Crippen LogP contribution >= 0.6 is 35.7 Å². The van der Waals surface area contributed by atoms with Gasteiger partial charge in [0.25, 0.3) is 0 Å². The Hall–Kier alpha value is -0.520. The average molecular weight is 553 g/mol. The van der Waals surface area contributed by atoms with Crippen LogP contribution in [-0.4, -0.2) is 62.6 Å². The molecule has 29 heavy (non-hydrogen) atoms. The number of aliphatic imine (C=N–C) groups is 1. The van der Waals surface area contributed by atoms with E-state index in [1.165, 1.54) is 36.0 Å². The summed E-state index contributed by atoms with van der Waals surface area (Å²) in [6.07, 6.45) is 4.90. The molecular formula is C20H33IN4O2S2. The van der Waals surface area contributed by atoms with Gasteiger partial charge in [-0.25, -0.2) is 12.7 Å². The zero-order valence-electron chi connectivity index (χ0n) is 17.3. The normalized spacial score (nSPS) is 19.0. The number of halogens is 1. The predicted octanol–water partition coefficient (Wildman–Crippen LogP) is 2.79. The molecule has 1 aromatic carbocycles. The van der Waals surface area contributed by atoms with Crippen LogP contribution in [0.25, 0.3) is 0 Å². The summed E-state index contributed by atoms with van der Waals surface area (Å²) in [7, 11) is -1.49. The Kier molecular flexibility index (Phi) is 10.0. The SMILES string of the molecule is CN=C(NCCS(=O)(=O)N1CCSCC1)NC(C)c1ccc2c(c1)CCCC2.I. The number of thioether (sulfide) groups is 1. The maximum Gasteiger partial charge on any atom is 0.215 e. The zero-order chi connectivity index (χ0) is 20.0. The molecule has 1 atom stereocenters. The van der Waals surface area contributed by atoms with Gasteiger partial charge in [0.05, 0.1) is 11.8 Å². The first-order valence-corrected chi connectivity index (χ1v) is 12.9. The molecule has 1 aliphatic carbocycles. The quantitative estimate of drug-likeness (QED) is 0.323. The van der Waals surface area contributed by atoms with Gasteiger partial charge in [-0.05, 0) is 49.3 Å². The van der Waals surface area contributed by atoms with Crippen LogP contribution in [0.2, 0.25) is 0 Å². The first-order valence-electron chi connectivity index (χ1n) is 10.1. The monoisotopic (exact) mass is 552 g/mol. The van der Waals surface area contributed by atoms with E-state index in [1.54, 1.807) is 11.4 Å². The lowest BCUT2D eigenvalue weighted by molar-refractivity contribution is 0.443. The summed E-state index contributed by atoms with van der Waals surface area (Å²) in [5.74, 6) is 2.49. The van der Waals surface area contributed by atoms with Gasteiger partial charge < -0.3 is 10.6 Å². The number of hydrogen-bond acceptors (Lipinski definition) is 4. The average Bonchev–Trinajstić information content (AvgIpc) is 2.73. The third-order valence-electron chi connectivity index (χ3n) is 5.47. The lowest BCUT2D eigenvalue weighted by atomic mass is 9.89. The van der Waals surface area contributed by atoms with E-state index in [2.05, 4.69) is 40.7 Å². The molecule has 3 rings (SSSR count). The number of rotatable bonds is 6. The second-order valence-electron chi connectivity index (χ2n) is 7.43. The van der Waals surface area contributed by atoms with Gasteiger partial charge in [-0.1, -0.05) is 18.2 Å². The molecule has 0 amide bonds. The molecule has 6 nitrogen and oxygen atoms in total. The Morgan fingerprint density at radius 2 is 1.90 bits per heavy atom. The molecule has 1 saturated heterocycles. The maximum absolute atomic E-state index is 12.5. The fraction of sp³-hybridized carbons (Fsp3) is 0.650. The van der Waals surface area contributed by atoms with E-state index in [0.29, 0.717) is 25.6 Å². The molecule has 0 spiro atoms. The number of benzene rings is 1. The smallest absolute Gasteiger partial charge is 0.215 e. The first kappa shape index (κ1) is 24.7. The van der Waals surface area contributed by atoms with Gasteiger partial charge in [0, 0.05) is 38.2 Å². The molecule has 2 aliphatic rings. The minimum Gasteiger partial charge on any atom is -0.355 e. The van der Waals surface area contributed by atoms with Gasteiger partial charge in [0.1, 0.15) is 0 Å². The van der Waals surface area contributed by atoms with Crippen LogP contribution < -0.4 is 10.6 Å². The highest BCUT2D eigenvalue weighted by Gasteiger charge is 2.23. The third-order valence-corrected chi connectivity index (χ3v) is 8.28. The predicted molar refractivity (Wildman–Crippen MR) is 134 cm³/mol. The molecule has 0 bridgehead atoms. The number of nitrogens with zero attached hydrogens (tertiary/aromatic N) is 2. The summed E-state index contributed by atoms with van der Waals surface area (Å²) in [4.78, 5) is 4.26. The Labute approximate surface area is 196 Å². The fourth-order valence-electron chi connectivity index (χ4n) is 3.76. The largest absolute Gasteiger partial charge is 0.355 e. The molecule has 1 unspecified atom stereocenters. The van der Waals surface area contributed by atoms with Crippen molar-refractivity contribution in [3.63, 3.8) is 0 Å². The van der Waals surface area contributed by atoms with Crippen LogP contribution in [-0.2, 0) is 22.9 Å². The second-order valence-corrected chi connectivity index (χ2v) is 10.7. The van der Waals surface area contributed by atoms with E-state index in [-0.39, 0.29) is 35.8 Å². The topological polar surface area (TPSA) is 73.8 Å². The highest BCUT2D eigenvalue weighted by molar-refractivity contribution is 14.0. The third kappa shape index (κ3) is 7.00. The summed E-state index contributed by atoms with van der Waals surface area (Å²) in [6, 6.07) is 6.85. The number of nitrogens with one attached hydrogen (secondary N) is 2. The fourth-order valence-corrected chi connectivity index (χ4v) is 6.25. The van der Waals surface area contributed by atoms with Crippen molar-refractivity contribution in [1.82, 2.24) is 14.9 Å². The van der Waals surface area contributed by atoms with Crippen molar-refractivity contribution in [2.45, 2.75) is 38.6 Å². The van der Waals surface area contributed by atoms with Gasteiger partial charge in [0.2, 0.25) is 10.0 Å². The molecule has 1 aromatic rings. The Balaban J connectivity index is 0.00000300. The van der Waals surface area contributed by atoms with Crippen LogP contribution in [0.3, 0.4) is 0 Å². The highest BCUT2D eigenvalue weighted by atomic mass is 127. The molecule has 0 aromatic heterocycles. The van der Waals surface area contributed by atoms with Gasteiger partial charge >= 0.3 is 0 Å². The van der Waals surface area contributed by atoms with Crippen molar-refractivity contribution in [3.05, 3.63) is 34.9 Å². The van der Waals surface area contributed by atoms with Gasteiger partial charge in [-0.15, -0.1) is 24.0 Å². The summed E-state index contributed by atoms with van der Waals surface area (Å²) in [5, 5.41) is 6.54. The molecule has 9 heteroatoms. The van der Waals surface area contributed by atoms with E-state index in [4.69, 9.17) is 0 Å². The van der Waals surface area contributed by atoms with Crippen LogP contribution in [0.5, 0.6) is 0 Å². The van der Waals surface area contributed by atoms with E-state index >= 15 is 0 Å². The lowest BCUT2D eigenvalue weighted by Gasteiger charge is -2.26. The number of sulfonamides is 1. The highest BCUT2D eigenvalue weighted by Crippen LogP contribution is 2.24. The number of guanidine groups is 1. The lowest BCUT2D eigenvalue weighted by Crippen LogP contribution is -2.44. The molecular weight excluding hydrogens is 519 g/mol. The summed E-state index contributed by atoms with van der Waals surface area (Å²) in [6.45, 7) is 3.70. The van der Waals surface area contributed by atoms with Crippen molar-refractivity contribution < 1.29 is 8.42 Å². The first-order chi connectivity index (χ1) is 13.5. The van der Waals surface area contributed by atoms with Crippen molar-refractivity contribution in [1.29, 1.82) is 0 Å². The van der Waals surface area contributed by atoms with Gasteiger partial charge in [0.15, 0.2) is 5.96 Å². The van der Waals surface area contributed by atoms with Crippen molar-refractivity contribution >= 4 is 51.7 Å². The molecule has 0 saturated carbocycles. The second kappa shape index (κ2) is 11.8. The molecule has 0 radical (unpaired) electrons. The Morgan fingerprint density at radius 3 is 2.59 bits per heavy atom. The zero-order valence-corrected chi connectivity index (χ0v) is 21.3. The minimum absolute atomic E-state index is 0. The number of aryl methyl sites for hydroxylation is 2. The van der Waals surface area contributed by atoms with E-state index in [9.17, 15) is 8.42 Å². The summed E-state index contributed by atoms with van der Waals surface area (Å²) in [5.41, 5.74) is 4.18. The summed E-state index contributed by atoms with van der Waals surface area (Å²) < 4.78 is 26.5. The van der Waals surface area contributed by atoms with Gasteiger partial charge in [-0.2, -0.15) is 11.8 Å². The maximum atomic E-state index is 12.5. The van der Waals surface area contributed by atoms with Crippen LogP contribution in [0.1, 0.15) is 42.5 Å². The molecule has 2 N–H and O–H groups in total. The van der Waals surface area contributed by atoms with E-state index in [1.807, 2.05) is 11.8 Å². The van der Waals surface area contributed by atoms with Crippen molar-refractivity contribution in [3.8, 4) is 0 Å². The molecule has 1 aliphatic heterocycles. The standard InChI is InChI=1S/C20H32N4O2S2.HI/c1-16(18-8-7-17-5-3-4-6-19(17)15-18)23-20(21-2)22-9-14-28(25,26)24-10-12-27-13-11-24;/h7-8,15-16H,3-6,9-14H2,1-2H3,(H2,21,22,23);1H. The number of hydrogen-bond donors (Lipinski definition) is 2. The van der Waals surface area contributed by atoms with Crippen LogP contribution in [0.15, 0.2) is 23.2 Å². The van der Waals surface area contributed by atoms with E-state index < -0.39 is 10.0 Å². The van der Waals surface area contributed by atoms with Crippen LogP contribution in [0.4, 0.5) is 0 Å². The van der Waals surface area contributed by atoms with Crippen LogP contribution in [0, 0.1) is 0 Å². The molecule has 1 fully saturated rings. The van der Waals surface area contributed by atoms with Gasteiger partial charge in [-0.3, -0.25) is 4.99 Å². The summed E-state index contributed by atoms with van der Waals surface area (Å²) >= 11 is 1.81. The van der Waals surface area contributed by atoms with Crippen molar-refractivity contribution in [2.75, 3.05) is 43.9 Å². The molecule has 1 heterocycles. The Morgan fingerprint density at radius 1 is 1.21 bits per heavy atom. The minimum atomic E-state index is -3.20. The van der Waals surface area contributed by atoms with Crippen molar-refractivity contribution in [2.24, 2.45) is 4.99 Å².